The number of carbonyl (C=O) groups is 1. The fourth-order valence-electron chi connectivity index (χ4n) is 5.07. The van der Waals surface area contributed by atoms with Gasteiger partial charge in [0.1, 0.15) is 11.5 Å². The minimum atomic E-state index is -0.209. The summed E-state index contributed by atoms with van der Waals surface area (Å²) in [6.45, 7) is 0. The van der Waals surface area contributed by atoms with Crippen molar-refractivity contribution >= 4 is 23.2 Å². The molecule has 2 saturated carbocycles. The lowest BCUT2D eigenvalue weighted by molar-refractivity contribution is 0.0976. The van der Waals surface area contributed by atoms with Gasteiger partial charge in [0.05, 0.1) is 6.10 Å². The highest BCUT2D eigenvalue weighted by molar-refractivity contribution is 5.96. The minimum Gasteiger partial charge on any atom is -0.393 e. The van der Waals surface area contributed by atoms with Gasteiger partial charge in [-0.1, -0.05) is 36.3 Å². The highest BCUT2D eigenvalue weighted by atomic mass is 16.3. The second-order valence-corrected chi connectivity index (χ2v) is 10.9. The van der Waals surface area contributed by atoms with Crippen molar-refractivity contribution in [3.63, 3.8) is 0 Å². The molecule has 0 atom stereocenters. The van der Waals surface area contributed by atoms with Crippen LogP contribution in [0.3, 0.4) is 0 Å². The number of aliphatic hydroxyl groups is 1. The van der Waals surface area contributed by atoms with Crippen LogP contribution in [-0.4, -0.2) is 38.0 Å². The first-order valence-corrected chi connectivity index (χ1v) is 14.3. The second-order valence-electron chi connectivity index (χ2n) is 10.9. The Morgan fingerprint density at radius 2 is 1.68 bits per heavy atom. The molecule has 2 aromatic carbocycles. The quantitative estimate of drug-likeness (QED) is 0.175. The number of nitrogens with one attached hydrogen (secondary N) is 2. The maximum absolute atomic E-state index is 12.4. The van der Waals surface area contributed by atoms with Gasteiger partial charge in [-0.3, -0.25) is 4.79 Å². The zero-order valence-electron chi connectivity index (χ0n) is 22.9. The smallest absolute Gasteiger partial charge is 0.229 e. The lowest BCUT2D eigenvalue weighted by atomic mass is 9.93. The number of Topliss-reactive ketones (excluding diaryl/α,β-unsaturated/α-hetero) is 1. The van der Waals surface area contributed by atoms with E-state index in [0.29, 0.717) is 29.5 Å². The molecule has 2 fully saturated rings. The van der Waals surface area contributed by atoms with Crippen molar-refractivity contribution in [2.24, 2.45) is 5.92 Å². The summed E-state index contributed by atoms with van der Waals surface area (Å²) in [5.41, 5.74) is 4.96. The van der Waals surface area contributed by atoms with Crippen LogP contribution < -0.4 is 10.6 Å². The number of benzene rings is 2. The normalized spacial score (nSPS) is 18.2. The molecule has 2 heterocycles. The number of rotatable bonds is 8. The summed E-state index contributed by atoms with van der Waals surface area (Å²) in [6, 6.07) is 21.7. The van der Waals surface area contributed by atoms with E-state index in [1.54, 1.807) is 18.3 Å². The first kappa shape index (κ1) is 26.7. The molecule has 2 aromatic heterocycles. The van der Waals surface area contributed by atoms with Crippen molar-refractivity contribution in [1.82, 2.24) is 15.0 Å². The van der Waals surface area contributed by atoms with E-state index in [-0.39, 0.29) is 17.9 Å². The molecule has 2 aliphatic rings. The number of nitrogens with zero attached hydrogens (tertiary/aromatic N) is 3. The van der Waals surface area contributed by atoms with E-state index in [4.69, 9.17) is 4.98 Å². The molecule has 206 valence electrons. The van der Waals surface area contributed by atoms with Gasteiger partial charge in [-0.25, -0.2) is 9.97 Å². The molecular weight excluding hydrogens is 510 g/mol. The number of hydrogen-bond acceptors (Lipinski definition) is 7. The Morgan fingerprint density at radius 3 is 2.44 bits per heavy atom. The molecule has 0 saturated heterocycles. The Bertz CT molecular complexity index is 1560. The first-order valence-electron chi connectivity index (χ1n) is 14.3. The Hall–Kier alpha value is -4.54. The molecule has 6 rings (SSSR count). The Kier molecular flexibility index (Phi) is 8.01. The van der Waals surface area contributed by atoms with Crippen LogP contribution in [0.5, 0.6) is 0 Å². The van der Waals surface area contributed by atoms with E-state index < -0.39 is 0 Å². The van der Waals surface area contributed by atoms with Crippen LogP contribution in [0.2, 0.25) is 0 Å². The van der Waals surface area contributed by atoms with Gasteiger partial charge in [0.25, 0.3) is 0 Å². The Balaban J connectivity index is 1.15. The van der Waals surface area contributed by atoms with E-state index in [2.05, 4.69) is 44.6 Å². The summed E-state index contributed by atoms with van der Waals surface area (Å²) in [5.74, 6) is 8.23. The van der Waals surface area contributed by atoms with Crippen LogP contribution in [0.15, 0.2) is 79.1 Å². The van der Waals surface area contributed by atoms with Crippen LogP contribution in [0.1, 0.15) is 66.6 Å². The summed E-state index contributed by atoms with van der Waals surface area (Å²) in [6.07, 6.45) is 9.62. The third-order valence-corrected chi connectivity index (χ3v) is 7.64. The van der Waals surface area contributed by atoms with Gasteiger partial charge in [0.2, 0.25) is 5.95 Å². The number of hydrogen-bond donors (Lipinski definition) is 3. The largest absolute Gasteiger partial charge is 0.393 e. The van der Waals surface area contributed by atoms with Gasteiger partial charge in [0, 0.05) is 47.2 Å². The third kappa shape index (κ3) is 7.16. The molecule has 0 amide bonds. The molecule has 0 spiro atoms. The summed E-state index contributed by atoms with van der Waals surface area (Å²) in [7, 11) is 0. The van der Waals surface area contributed by atoms with Gasteiger partial charge in [-0.2, -0.15) is 4.98 Å². The summed E-state index contributed by atoms with van der Waals surface area (Å²) < 4.78 is 0. The van der Waals surface area contributed by atoms with Crippen molar-refractivity contribution < 1.29 is 9.90 Å². The number of aliphatic hydroxyl groups excluding tert-OH is 1. The Morgan fingerprint density at radius 1 is 0.902 bits per heavy atom. The fraction of sp³-hybridized carbons (Fsp3) is 0.294. The Labute approximate surface area is 240 Å². The summed E-state index contributed by atoms with van der Waals surface area (Å²) in [5, 5.41) is 16.8. The molecule has 0 bridgehead atoms. The molecule has 0 radical (unpaired) electrons. The maximum atomic E-state index is 12.4. The topological polar surface area (TPSA) is 100 Å². The highest BCUT2D eigenvalue weighted by Gasteiger charge is 2.25. The molecule has 4 aromatic rings. The lowest BCUT2D eigenvalue weighted by Gasteiger charge is -2.27. The van der Waals surface area contributed by atoms with Crippen molar-refractivity contribution in [2.75, 3.05) is 10.6 Å². The molecular formula is C34H33N5O2. The van der Waals surface area contributed by atoms with Crippen LogP contribution in [0, 0.1) is 17.8 Å². The average Bonchev–Trinajstić information content (AvgIpc) is 3.83. The standard InChI is InChI=1S/C34H33N5O2/c40-30-16-14-27(15-17-30)37-33-31(25-4-2-1-3-5-25)22-36-34(39-33)38-28-11-8-23(9-12-28)10-13-29-21-26(18-19-35-29)32(41)20-24-6-7-24/h1-5,8-9,11-12,18-19,21-22,24,27,30,40H,6-7,14-17,20H2,(H2,36,37,38,39). The summed E-state index contributed by atoms with van der Waals surface area (Å²) in [4.78, 5) is 26.2. The molecule has 3 N–H and O–H groups in total. The van der Waals surface area contributed by atoms with Gasteiger partial charge < -0.3 is 15.7 Å². The van der Waals surface area contributed by atoms with E-state index in [1.165, 1.54) is 0 Å². The van der Waals surface area contributed by atoms with E-state index in [0.717, 1.165) is 66.7 Å². The fourth-order valence-corrected chi connectivity index (χ4v) is 5.07. The first-order chi connectivity index (χ1) is 20.1. The molecule has 2 aliphatic carbocycles. The van der Waals surface area contributed by atoms with Gasteiger partial charge >= 0.3 is 0 Å². The number of pyridine rings is 1. The zero-order valence-corrected chi connectivity index (χ0v) is 22.9. The van der Waals surface area contributed by atoms with Crippen LogP contribution in [0.25, 0.3) is 11.1 Å². The SMILES string of the molecule is O=C(CC1CC1)c1ccnc(C#Cc2ccc(Nc3ncc(-c4ccccc4)c(NC4CCC(O)CC4)n3)cc2)c1. The number of carbonyl (C=O) groups excluding carboxylic acids is 1. The second kappa shape index (κ2) is 12.3. The number of ketones is 1. The van der Waals surface area contributed by atoms with E-state index >= 15 is 0 Å². The number of anilines is 3. The van der Waals surface area contributed by atoms with Crippen molar-refractivity contribution in [2.45, 2.75) is 57.1 Å². The van der Waals surface area contributed by atoms with Crippen molar-refractivity contribution in [3.8, 4) is 23.0 Å². The molecule has 7 heteroatoms. The average molecular weight is 544 g/mol. The van der Waals surface area contributed by atoms with Crippen LogP contribution >= 0.6 is 0 Å². The predicted octanol–water partition coefficient (Wildman–Crippen LogP) is 6.38. The minimum absolute atomic E-state index is 0.170. The van der Waals surface area contributed by atoms with E-state index in [9.17, 15) is 9.90 Å². The van der Waals surface area contributed by atoms with Crippen LogP contribution in [-0.2, 0) is 0 Å². The monoisotopic (exact) mass is 543 g/mol. The van der Waals surface area contributed by atoms with Crippen molar-refractivity contribution in [1.29, 1.82) is 0 Å². The molecule has 0 aliphatic heterocycles. The van der Waals surface area contributed by atoms with E-state index in [1.807, 2.05) is 48.7 Å². The zero-order chi connectivity index (χ0) is 28.0. The third-order valence-electron chi connectivity index (χ3n) is 7.64. The van der Waals surface area contributed by atoms with Gasteiger partial charge in [-0.15, -0.1) is 0 Å². The lowest BCUT2D eigenvalue weighted by Crippen LogP contribution is -2.28. The van der Waals surface area contributed by atoms with Gasteiger partial charge in [0.15, 0.2) is 5.78 Å². The summed E-state index contributed by atoms with van der Waals surface area (Å²) >= 11 is 0. The molecule has 0 unspecified atom stereocenters. The molecule has 7 nitrogen and oxygen atoms in total. The van der Waals surface area contributed by atoms with Crippen molar-refractivity contribution in [3.05, 3.63) is 95.9 Å². The van der Waals surface area contributed by atoms with Crippen LogP contribution in [0.4, 0.5) is 17.5 Å². The number of aromatic nitrogens is 3. The molecule has 41 heavy (non-hydrogen) atoms. The predicted molar refractivity (Wildman–Crippen MR) is 161 cm³/mol. The maximum Gasteiger partial charge on any atom is 0.229 e. The highest BCUT2D eigenvalue weighted by Crippen LogP contribution is 2.33. The van der Waals surface area contributed by atoms with Gasteiger partial charge in [-0.05, 0) is 92.3 Å².